The van der Waals surface area contributed by atoms with Crippen molar-refractivity contribution in [3.8, 4) is 0 Å². The van der Waals surface area contributed by atoms with Crippen molar-refractivity contribution in [3.05, 3.63) is 17.8 Å². The van der Waals surface area contributed by atoms with Gasteiger partial charge in [-0.25, -0.2) is 4.98 Å². The number of oxazole rings is 1. The molecular formula is C13H24N2O4. The lowest BCUT2D eigenvalue weighted by Gasteiger charge is -2.15. The van der Waals surface area contributed by atoms with E-state index < -0.39 is 6.10 Å². The number of aryl methyl sites for hydroxylation is 1. The van der Waals surface area contributed by atoms with Gasteiger partial charge in [-0.15, -0.1) is 0 Å². The van der Waals surface area contributed by atoms with Crippen LogP contribution in [0.2, 0.25) is 0 Å². The minimum absolute atomic E-state index is 0.0354. The Kier molecular flexibility index (Phi) is 7.66. The molecule has 0 fully saturated rings. The van der Waals surface area contributed by atoms with Gasteiger partial charge in [0.1, 0.15) is 5.76 Å². The van der Waals surface area contributed by atoms with Crippen LogP contribution in [0, 0.1) is 6.92 Å². The number of nitrogens with zero attached hydrogens (tertiary/aromatic N) is 1. The first-order valence-electron chi connectivity index (χ1n) is 6.62. The molecule has 0 aliphatic rings. The summed E-state index contributed by atoms with van der Waals surface area (Å²) >= 11 is 0. The van der Waals surface area contributed by atoms with E-state index in [0.717, 1.165) is 5.76 Å². The fourth-order valence-corrected chi connectivity index (χ4v) is 1.51. The Bertz CT molecular complexity index is 343. The van der Waals surface area contributed by atoms with Crippen LogP contribution >= 0.6 is 0 Å². The van der Waals surface area contributed by atoms with Gasteiger partial charge in [-0.05, 0) is 20.8 Å². The third-order valence-corrected chi connectivity index (χ3v) is 2.56. The maximum Gasteiger partial charge on any atom is 0.211 e. The van der Waals surface area contributed by atoms with Crippen LogP contribution < -0.4 is 5.32 Å². The van der Waals surface area contributed by atoms with Crippen molar-refractivity contribution in [3.63, 3.8) is 0 Å². The molecule has 0 saturated heterocycles. The molecule has 1 aromatic rings. The van der Waals surface area contributed by atoms with Gasteiger partial charge in [0, 0.05) is 13.2 Å². The quantitative estimate of drug-likeness (QED) is 0.620. The zero-order chi connectivity index (χ0) is 14.1. The molecule has 0 aliphatic carbocycles. The summed E-state index contributed by atoms with van der Waals surface area (Å²) in [6.45, 7) is 8.18. The number of aliphatic hydroxyl groups is 1. The molecule has 0 bridgehead atoms. The van der Waals surface area contributed by atoms with Crippen molar-refractivity contribution in [2.75, 3.05) is 33.0 Å². The zero-order valence-electron chi connectivity index (χ0n) is 11.9. The summed E-state index contributed by atoms with van der Waals surface area (Å²) in [6.07, 6.45) is 1.13. The number of aliphatic hydroxyl groups excluding tert-OH is 1. The minimum Gasteiger partial charge on any atom is -0.444 e. The Morgan fingerprint density at radius 3 is 2.79 bits per heavy atom. The summed E-state index contributed by atoms with van der Waals surface area (Å²) in [7, 11) is 0. The number of hydrogen-bond donors (Lipinski definition) is 2. The molecule has 0 spiro atoms. The summed E-state index contributed by atoms with van der Waals surface area (Å²) in [5.74, 6) is 1.41. The van der Waals surface area contributed by atoms with E-state index in [2.05, 4.69) is 10.3 Å². The molecular weight excluding hydrogens is 248 g/mol. The standard InChI is InChI=1S/C13H24N2O4/c1-4-17-5-6-18-9-12(16)8-14-11(3)13-15-7-10(2)19-13/h7,11-12,14,16H,4-6,8-9H2,1-3H3. The van der Waals surface area contributed by atoms with Gasteiger partial charge < -0.3 is 24.3 Å². The van der Waals surface area contributed by atoms with Crippen LogP contribution in [0.25, 0.3) is 0 Å². The lowest BCUT2D eigenvalue weighted by Crippen LogP contribution is -2.32. The van der Waals surface area contributed by atoms with Crippen molar-refractivity contribution in [1.29, 1.82) is 0 Å². The average molecular weight is 272 g/mol. The first-order chi connectivity index (χ1) is 9.13. The Labute approximate surface area is 114 Å². The highest BCUT2D eigenvalue weighted by molar-refractivity contribution is 4.94. The van der Waals surface area contributed by atoms with Crippen LogP contribution in [0.1, 0.15) is 31.5 Å². The second kappa shape index (κ2) is 9.03. The molecule has 19 heavy (non-hydrogen) atoms. The molecule has 2 unspecified atom stereocenters. The largest absolute Gasteiger partial charge is 0.444 e. The summed E-state index contributed by atoms with van der Waals surface area (Å²) < 4.78 is 15.8. The molecule has 0 aromatic carbocycles. The fraction of sp³-hybridized carbons (Fsp3) is 0.769. The van der Waals surface area contributed by atoms with Crippen LogP contribution in [0.15, 0.2) is 10.6 Å². The molecule has 1 rings (SSSR count). The lowest BCUT2D eigenvalue weighted by atomic mass is 10.3. The van der Waals surface area contributed by atoms with Crippen LogP contribution in [-0.4, -0.2) is 49.2 Å². The number of aromatic nitrogens is 1. The minimum atomic E-state index is -0.555. The van der Waals surface area contributed by atoms with E-state index in [9.17, 15) is 5.11 Å². The average Bonchev–Trinajstić information content (AvgIpc) is 2.82. The zero-order valence-corrected chi connectivity index (χ0v) is 11.9. The molecule has 1 heterocycles. The monoisotopic (exact) mass is 272 g/mol. The van der Waals surface area contributed by atoms with Gasteiger partial charge in [-0.1, -0.05) is 0 Å². The summed E-state index contributed by atoms with van der Waals surface area (Å²) in [5, 5.41) is 12.9. The maximum absolute atomic E-state index is 9.73. The van der Waals surface area contributed by atoms with Gasteiger partial charge in [0.05, 0.1) is 38.2 Å². The molecule has 0 aliphatic heterocycles. The van der Waals surface area contributed by atoms with Gasteiger partial charge in [-0.3, -0.25) is 0 Å². The molecule has 0 saturated carbocycles. The summed E-state index contributed by atoms with van der Waals surface area (Å²) in [5.41, 5.74) is 0. The Morgan fingerprint density at radius 2 is 2.16 bits per heavy atom. The van der Waals surface area contributed by atoms with E-state index in [0.29, 0.717) is 32.3 Å². The molecule has 6 nitrogen and oxygen atoms in total. The van der Waals surface area contributed by atoms with Crippen LogP contribution in [0.5, 0.6) is 0 Å². The van der Waals surface area contributed by atoms with E-state index >= 15 is 0 Å². The molecule has 0 amide bonds. The van der Waals surface area contributed by atoms with Crippen LogP contribution in [-0.2, 0) is 9.47 Å². The van der Waals surface area contributed by atoms with Crippen LogP contribution in [0.4, 0.5) is 0 Å². The van der Waals surface area contributed by atoms with E-state index in [1.54, 1.807) is 6.20 Å². The Morgan fingerprint density at radius 1 is 1.42 bits per heavy atom. The fourth-order valence-electron chi connectivity index (χ4n) is 1.51. The molecule has 1 aromatic heterocycles. The molecule has 2 N–H and O–H groups in total. The highest BCUT2D eigenvalue weighted by Gasteiger charge is 2.12. The number of ether oxygens (including phenoxy) is 2. The predicted octanol–water partition coefficient (Wildman–Crippen LogP) is 1.05. The Balaban J connectivity index is 2.10. The molecule has 0 radical (unpaired) electrons. The van der Waals surface area contributed by atoms with Gasteiger partial charge in [0.15, 0.2) is 0 Å². The van der Waals surface area contributed by atoms with Gasteiger partial charge in [0.25, 0.3) is 0 Å². The van der Waals surface area contributed by atoms with E-state index in [4.69, 9.17) is 13.9 Å². The van der Waals surface area contributed by atoms with Crippen molar-refractivity contribution in [2.24, 2.45) is 0 Å². The van der Waals surface area contributed by atoms with E-state index in [1.165, 1.54) is 0 Å². The second-order valence-electron chi connectivity index (χ2n) is 4.36. The second-order valence-corrected chi connectivity index (χ2v) is 4.36. The lowest BCUT2D eigenvalue weighted by molar-refractivity contribution is 0.00565. The van der Waals surface area contributed by atoms with Crippen LogP contribution in [0.3, 0.4) is 0 Å². The Hall–Kier alpha value is -0.950. The number of hydrogen-bond acceptors (Lipinski definition) is 6. The smallest absolute Gasteiger partial charge is 0.211 e. The van der Waals surface area contributed by atoms with Gasteiger partial charge in [0.2, 0.25) is 5.89 Å². The highest BCUT2D eigenvalue weighted by atomic mass is 16.5. The van der Waals surface area contributed by atoms with E-state index in [1.807, 2.05) is 20.8 Å². The third kappa shape index (κ3) is 6.68. The molecule has 2 atom stereocenters. The summed E-state index contributed by atoms with van der Waals surface area (Å²) in [4.78, 5) is 4.13. The maximum atomic E-state index is 9.73. The first-order valence-corrected chi connectivity index (χ1v) is 6.62. The van der Waals surface area contributed by atoms with Crippen molar-refractivity contribution in [2.45, 2.75) is 32.9 Å². The first kappa shape index (κ1) is 16.1. The van der Waals surface area contributed by atoms with Gasteiger partial charge in [-0.2, -0.15) is 0 Å². The van der Waals surface area contributed by atoms with Crippen molar-refractivity contribution < 1.29 is 19.0 Å². The topological polar surface area (TPSA) is 76.8 Å². The molecule has 6 heteroatoms. The third-order valence-electron chi connectivity index (χ3n) is 2.56. The summed E-state index contributed by atoms with van der Waals surface area (Å²) in [6, 6.07) is -0.0354. The van der Waals surface area contributed by atoms with Gasteiger partial charge >= 0.3 is 0 Å². The number of rotatable bonds is 10. The van der Waals surface area contributed by atoms with E-state index in [-0.39, 0.29) is 12.6 Å². The predicted molar refractivity (Wildman–Crippen MR) is 71.0 cm³/mol. The SMILES string of the molecule is CCOCCOCC(O)CNC(C)c1ncc(C)o1. The number of nitrogens with one attached hydrogen (secondary N) is 1. The molecule has 110 valence electrons. The van der Waals surface area contributed by atoms with Crippen molar-refractivity contribution >= 4 is 0 Å². The van der Waals surface area contributed by atoms with Crippen molar-refractivity contribution in [1.82, 2.24) is 10.3 Å². The normalized spacial score (nSPS) is 14.5. The highest BCUT2D eigenvalue weighted by Crippen LogP contribution is 2.11.